The van der Waals surface area contributed by atoms with Crippen LogP contribution in [0.3, 0.4) is 0 Å². The number of aryl methyl sites for hydroxylation is 1. The number of benzene rings is 1. The van der Waals surface area contributed by atoms with Gasteiger partial charge in [0.2, 0.25) is 0 Å². The van der Waals surface area contributed by atoms with E-state index in [1.807, 2.05) is 0 Å². The Morgan fingerprint density at radius 2 is 1.81 bits per heavy atom. The summed E-state index contributed by atoms with van der Waals surface area (Å²) in [5.41, 5.74) is -2.06. The quantitative estimate of drug-likeness (QED) is 0.393. The number of hydrogen-bond donors (Lipinski definition) is 3. The molecule has 0 spiro atoms. The van der Waals surface area contributed by atoms with Gasteiger partial charge in [-0.1, -0.05) is 0 Å². The monoisotopic (exact) mass is 457 g/mol. The second-order valence-corrected chi connectivity index (χ2v) is 7.88. The third-order valence-electron chi connectivity index (χ3n) is 4.05. The van der Waals surface area contributed by atoms with Crippen LogP contribution in [-0.4, -0.2) is 34.3 Å². The van der Waals surface area contributed by atoms with Gasteiger partial charge < -0.3 is 20.5 Å². The maximum absolute atomic E-state index is 13.8. The number of carbonyl (C=O) groups excluding carboxylic acids is 1. The minimum atomic E-state index is -4.80. The van der Waals surface area contributed by atoms with Gasteiger partial charge in [0.25, 0.3) is 0 Å². The third-order valence-corrected chi connectivity index (χ3v) is 4.05. The number of amides is 1. The molecule has 1 amide bonds. The SMILES string of the molecule is CC(C)(C)OC(=O)NCCCc1cc(F)ccc1Nc1cnc(C(F)(F)F)cc1C(=O)O. The average Bonchev–Trinajstić information content (AvgIpc) is 2.65. The van der Waals surface area contributed by atoms with Crippen molar-refractivity contribution in [3.8, 4) is 0 Å². The zero-order chi connectivity index (χ0) is 24.1. The largest absolute Gasteiger partial charge is 0.478 e. The molecule has 174 valence electrons. The molecule has 1 aromatic heterocycles. The van der Waals surface area contributed by atoms with Crippen LogP contribution in [0.5, 0.6) is 0 Å². The number of rotatable bonds is 7. The number of aromatic nitrogens is 1. The maximum atomic E-state index is 13.8. The Hall–Kier alpha value is -3.37. The smallest absolute Gasteiger partial charge is 0.433 e. The van der Waals surface area contributed by atoms with E-state index in [1.54, 1.807) is 20.8 Å². The molecule has 2 aromatic rings. The fourth-order valence-electron chi connectivity index (χ4n) is 2.71. The van der Waals surface area contributed by atoms with Crippen molar-refractivity contribution in [2.75, 3.05) is 11.9 Å². The summed E-state index contributed by atoms with van der Waals surface area (Å²) >= 11 is 0. The van der Waals surface area contributed by atoms with Crippen molar-refractivity contribution in [3.05, 3.63) is 53.1 Å². The molecule has 0 fully saturated rings. The molecule has 0 aliphatic rings. The number of halogens is 4. The highest BCUT2D eigenvalue weighted by molar-refractivity contribution is 5.95. The fourth-order valence-corrected chi connectivity index (χ4v) is 2.71. The number of aromatic carboxylic acids is 1. The summed E-state index contributed by atoms with van der Waals surface area (Å²) in [7, 11) is 0. The maximum Gasteiger partial charge on any atom is 0.433 e. The van der Waals surface area contributed by atoms with Crippen LogP contribution in [0.4, 0.5) is 33.7 Å². The van der Waals surface area contributed by atoms with E-state index in [4.69, 9.17) is 4.74 Å². The number of carboxylic acids is 1. The molecule has 0 aliphatic heterocycles. The van der Waals surface area contributed by atoms with E-state index < -0.39 is 40.9 Å². The molecule has 0 atom stereocenters. The molecule has 32 heavy (non-hydrogen) atoms. The van der Waals surface area contributed by atoms with Crippen LogP contribution < -0.4 is 10.6 Å². The molecule has 3 N–H and O–H groups in total. The number of anilines is 2. The number of alkyl carbamates (subject to hydrolysis) is 1. The Morgan fingerprint density at radius 3 is 2.41 bits per heavy atom. The summed E-state index contributed by atoms with van der Waals surface area (Å²) in [5.74, 6) is -2.12. The number of pyridine rings is 1. The van der Waals surface area contributed by atoms with Crippen molar-refractivity contribution in [3.63, 3.8) is 0 Å². The lowest BCUT2D eigenvalue weighted by atomic mass is 10.1. The molecule has 0 saturated carbocycles. The van der Waals surface area contributed by atoms with Gasteiger partial charge in [0.15, 0.2) is 0 Å². The summed E-state index contributed by atoms with van der Waals surface area (Å²) in [4.78, 5) is 26.4. The van der Waals surface area contributed by atoms with Crippen LogP contribution in [0.25, 0.3) is 0 Å². The van der Waals surface area contributed by atoms with E-state index >= 15 is 0 Å². The number of carbonyl (C=O) groups is 2. The number of nitrogens with zero attached hydrogens (tertiary/aromatic N) is 1. The number of carboxylic acid groups (broad SMARTS) is 1. The van der Waals surface area contributed by atoms with Crippen LogP contribution in [0.15, 0.2) is 30.5 Å². The predicted octanol–water partition coefficient (Wildman–Crippen LogP) is 5.14. The van der Waals surface area contributed by atoms with Crippen LogP contribution in [0.2, 0.25) is 0 Å². The van der Waals surface area contributed by atoms with Crippen molar-refractivity contribution < 1.29 is 37.0 Å². The van der Waals surface area contributed by atoms with E-state index in [0.717, 1.165) is 12.3 Å². The first-order valence-corrected chi connectivity index (χ1v) is 9.59. The fraction of sp³-hybridized carbons (Fsp3) is 0.381. The molecule has 0 bridgehead atoms. The van der Waals surface area contributed by atoms with Gasteiger partial charge in [-0.05, 0) is 63.4 Å². The van der Waals surface area contributed by atoms with Gasteiger partial charge in [-0.15, -0.1) is 0 Å². The first-order chi connectivity index (χ1) is 14.8. The van der Waals surface area contributed by atoms with Gasteiger partial charge >= 0.3 is 18.2 Å². The first-order valence-electron chi connectivity index (χ1n) is 9.59. The standard InChI is InChI=1S/C21H23F4N3O4/c1-20(2,3)32-19(31)26-8-4-5-12-9-13(22)6-7-15(12)28-16-11-27-17(21(23,24)25)10-14(16)18(29)30/h6-7,9-11,28H,4-5,8H2,1-3H3,(H,26,31)(H,29,30). The highest BCUT2D eigenvalue weighted by Crippen LogP contribution is 2.31. The number of hydrogen-bond acceptors (Lipinski definition) is 5. The van der Waals surface area contributed by atoms with Crippen molar-refractivity contribution in [1.82, 2.24) is 10.3 Å². The van der Waals surface area contributed by atoms with Gasteiger partial charge in [-0.3, -0.25) is 0 Å². The Kier molecular flexibility index (Phi) is 7.65. The van der Waals surface area contributed by atoms with E-state index in [9.17, 15) is 32.3 Å². The van der Waals surface area contributed by atoms with Crippen molar-refractivity contribution in [2.24, 2.45) is 0 Å². The van der Waals surface area contributed by atoms with Crippen molar-refractivity contribution in [2.45, 2.75) is 45.4 Å². The van der Waals surface area contributed by atoms with Crippen molar-refractivity contribution in [1.29, 1.82) is 0 Å². The summed E-state index contributed by atoms with van der Waals surface area (Å²) in [6, 6.07) is 4.12. The predicted molar refractivity (Wildman–Crippen MR) is 108 cm³/mol. The molecule has 1 aromatic carbocycles. The number of ether oxygens (including phenoxy) is 1. The summed E-state index contributed by atoms with van der Waals surface area (Å²) < 4.78 is 57.5. The molecule has 11 heteroatoms. The van der Waals surface area contributed by atoms with E-state index in [2.05, 4.69) is 15.6 Å². The highest BCUT2D eigenvalue weighted by Gasteiger charge is 2.34. The molecular formula is C21H23F4N3O4. The molecule has 1 heterocycles. The van der Waals surface area contributed by atoms with Crippen LogP contribution in [0, 0.1) is 5.82 Å². The topological polar surface area (TPSA) is 101 Å². The minimum Gasteiger partial charge on any atom is -0.478 e. The van der Waals surface area contributed by atoms with Gasteiger partial charge in [0, 0.05) is 12.2 Å². The molecular weight excluding hydrogens is 434 g/mol. The number of nitrogens with one attached hydrogen (secondary N) is 2. The van der Waals surface area contributed by atoms with Crippen LogP contribution >= 0.6 is 0 Å². The third kappa shape index (κ3) is 7.40. The normalized spacial score (nSPS) is 11.7. The second kappa shape index (κ2) is 9.84. The lowest BCUT2D eigenvalue weighted by Gasteiger charge is -2.19. The zero-order valence-electron chi connectivity index (χ0n) is 17.6. The van der Waals surface area contributed by atoms with E-state index in [0.29, 0.717) is 23.7 Å². The van der Waals surface area contributed by atoms with E-state index in [1.165, 1.54) is 12.1 Å². The minimum absolute atomic E-state index is 0.176. The Morgan fingerprint density at radius 1 is 1.12 bits per heavy atom. The van der Waals surface area contributed by atoms with E-state index in [-0.39, 0.29) is 18.7 Å². The summed E-state index contributed by atoms with van der Waals surface area (Å²) in [6.45, 7) is 5.39. The Balaban J connectivity index is 2.15. The van der Waals surface area contributed by atoms with Gasteiger partial charge in [0.05, 0.1) is 17.4 Å². The molecule has 0 saturated heterocycles. The van der Waals surface area contributed by atoms with Gasteiger partial charge in [0.1, 0.15) is 17.1 Å². The highest BCUT2D eigenvalue weighted by atomic mass is 19.4. The average molecular weight is 457 g/mol. The second-order valence-electron chi connectivity index (χ2n) is 7.88. The molecule has 0 radical (unpaired) electrons. The zero-order valence-corrected chi connectivity index (χ0v) is 17.6. The lowest BCUT2D eigenvalue weighted by Crippen LogP contribution is -2.33. The summed E-state index contributed by atoms with van der Waals surface area (Å²) in [6.07, 6.45) is -3.95. The molecule has 0 unspecified atom stereocenters. The lowest BCUT2D eigenvalue weighted by molar-refractivity contribution is -0.141. The molecule has 2 rings (SSSR count). The number of alkyl halides is 3. The first kappa shape index (κ1) is 24.9. The Labute approximate surface area is 181 Å². The molecule has 0 aliphatic carbocycles. The van der Waals surface area contributed by atoms with Gasteiger partial charge in [-0.25, -0.2) is 19.0 Å². The van der Waals surface area contributed by atoms with Gasteiger partial charge in [-0.2, -0.15) is 13.2 Å². The summed E-state index contributed by atoms with van der Waals surface area (Å²) in [5, 5.41) is 14.6. The molecule has 7 nitrogen and oxygen atoms in total. The Bertz CT molecular complexity index is 988. The van der Waals surface area contributed by atoms with Crippen LogP contribution in [0.1, 0.15) is 48.8 Å². The van der Waals surface area contributed by atoms with Crippen LogP contribution in [-0.2, 0) is 17.3 Å². The van der Waals surface area contributed by atoms with Crippen molar-refractivity contribution >= 4 is 23.4 Å².